The maximum absolute atomic E-state index is 2.49. The van der Waals surface area contributed by atoms with Crippen LogP contribution in [0.25, 0.3) is 0 Å². The van der Waals surface area contributed by atoms with Crippen LogP contribution in [0.3, 0.4) is 0 Å². The van der Waals surface area contributed by atoms with Gasteiger partial charge in [-0.3, -0.25) is 0 Å². The van der Waals surface area contributed by atoms with Crippen LogP contribution in [0, 0.1) is 0 Å². The summed E-state index contributed by atoms with van der Waals surface area (Å²) >= 11 is 0. The average Bonchev–Trinajstić information content (AvgIpc) is 2.50. The number of fused-ring (bicyclic) bond motifs is 2. The molecule has 0 amide bonds. The minimum atomic E-state index is 0.475. The van der Waals surface area contributed by atoms with E-state index in [1.54, 1.807) is 0 Å². The summed E-state index contributed by atoms with van der Waals surface area (Å²) in [4.78, 5) is 4.75. The molecule has 0 atom stereocenters. The number of hydrogen-bond donors (Lipinski definition) is 0. The van der Waals surface area contributed by atoms with E-state index in [9.17, 15) is 0 Å². The number of benzene rings is 2. The van der Waals surface area contributed by atoms with Crippen molar-refractivity contribution in [2.45, 2.75) is 19.3 Å². The van der Waals surface area contributed by atoms with E-state index in [1.165, 1.54) is 28.9 Å². The van der Waals surface area contributed by atoms with Gasteiger partial charge >= 0.3 is 0 Å². The minimum absolute atomic E-state index is 0.475. The molecule has 2 nitrogen and oxygen atoms in total. The fraction of sp³-hybridized carbons (Fsp3) is 0.368. The van der Waals surface area contributed by atoms with Gasteiger partial charge in [0.25, 0.3) is 0 Å². The van der Waals surface area contributed by atoms with Crippen molar-refractivity contribution in [1.29, 1.82) is 0 Å². The minimum Gasteiger partial charge on any atom is -0.341 e. The SMILES string of the molecule is CC1c2ccccc2N(CCCN(C)C)c2ccccc21. The van der Waals surface area contributed by atoms with Gasteiger partial charge in [0.05, 0.1) is 0 Å². The van der Waals surface area contributed by atoms with Crippen molar-refractivity contribution in [3.8, 4) is 0 Å². The second-order valence-corrected chi connectivity index (χ2v) is 6.15. The fourth-order valence-electron chi connectivity index (χ4n) is 3.28. The van der Waals surface area contributed by atoms with Crippen LogP contribution < -0.4 is 4.90 Å². The standard InChI is InChI=1S/C19H24N2/c1-15-16-9-4-6-11-18(16)21(14-8-13-20(2)3)19-12-7-5-10-17(15)19/h4-7,9-12,15H,8,13-14H2,1-3H3. The molecule has 0 N–H and O–H groups in total. The van der Waals surface area contributed by atoms with Crippen molar-refractivity contribution in [1.82, 2.24) is 4.90 Å². The molecule has 21 heavy (non-hydrogen) atoms. The molecule has 1 heterocycles. The highest BCUT2D eigenvalue weighted by atomic mass is 15.2. The highest BCUT2D eigenvalue weighted by Crippen LogP contribution is 2.44. The van der Waals surface area contributed by atoms with Crippen molar-refractivity contribution in [2.75, 3.05) is 32.1 Å². The topological polar surface area (TPSA) is 6.48 Å². The molecule has 0 unspecified atom stereocenters. The largest absolute Gasteiger partial charge is 0.341 e. The van der Waals surface area contributed by atoms with Crippen molar-refractivity contribution in [2.24, 2.45) is 0 Å². The lowest BCUT2D eigenvalue weighted by Crippen LogP contribution is -2.28. The molecule has 0 spiro atoms. The third-order valence-corrected chi connectivity index (χ3v) is 4.38. The van der Waals surface area contributed by atoms with E-state index in [2.05, 4.69) is 79.3 Å². The Balaban J connectivity index is 1.97. The number of para-hydroxylation sites is 2. The Hall–Kier alpha value is -1.80. The molecule has 1 aliphatic rings. The van der Waals surface area contributed by atoms with E-state index in [0.29, 0.717) is 5.92 Å². The van der Waals surface area contributed by atoms with Gasteiger partial charge in [0, 0.05) is 23.8 Å². The van der Waals surface area contributed by atoms with Gasteiger partial charge < -0.3 is 9.80 Å². The number of nitrogens with zero attached hydrogens (tertiary/aromatic N) is 2. The Bertz CT molecular complexity index is 571. The summed E-state index contributed by atoms with van der Waals surface area (Å²) in [5.74, 6) is 0.475. The zero-order valence-electron chi connectivity index (χ0n) is 13.2. The van der Waals surface area contributed by atoms with E-state index in [4.69, 9.17) is 0 Å². The quantitative estimate of drug-likeness (QED) is 0.826. The van der Waals surface area contributed by atoms with E-state index >= 15 is 0 Å². The maximum Gasteiger partial charge on any atom is 0.0449 e. The van der Waals surface area contributed by atoms with Crippen LogP contribution in [0.15, 0.2) is 48.5 Å². The van der Waals surface area contributed by atoms with E-state index in [1.807, 2.05) is 0 Å². The Morgan fingerprint density at radius 2 is 1.43 bits per heavy atom. The van der Waals surface area contributed by atoms with Crippen LogP contribution in [0.1, 0.15) is 30.4 Å². The molecule has 0 saturated heterocycles. The predicted octanol–water partition coefficient (Wildman–Crippen LogP) is 4.24. The Morgan fingerprint density at radius 3 is 1.95 bits per heavy atom. The molecule has 3 rings (SSSR count). The molecule has 2 aromatic rings. The van der Waals surface area contributed by atoms with Gasteiger partial charge in [-0.15, -0.1) is 0 Å². The fourth-order valence-corrected chi connectivity index (χ4v) is 3.28. The van der Waals surface area contributed by atoms with E-state index < -0.39 is 0 Å². The van der Waals surface area contributed by atoms with Crippen LogP contribution >= 0.6 is 0 Å². The molecule has 1 aliphatic heterocycles. The lowest BCUT2D eigenvalue weighted by Gasteiger charge is -2.36. The molecular formula is C19H24N2. The van der Waals surface area contributed by atoms with Gasteiger partial charge in [0.15, 0.2) is 0 Å². The first-order chi connectivity index (χ1) is 10.2. The Labute approximate surface area is 128 Å². The molecule has 0 fully saturated rings. The predicted molar refractivity (Wildman–Crippen MR) is 90.6 cm³/mol. The van der Waals surface area contributed by atoms with Crippen LogP contribution in [0.4, 0.5) is 11.4 Å². The highest BCUT2D eigenvalue weighted by molar-refractivity contribution is 5.75. The van der Waals surface area contributed by atoms with Crippen LogP contribution in [0.2, 0.25) is 0 Å². The first-order valence-electron chi connectivity index (χ1n) is 7.78. The van der Waals surface area contributed by atoms with E-state index in [0.717, 1.165) is 13.1 Å². The molecule has 0 radical (unpaired) electrons. The highest BCUT2D eigenvalue weighted by Gasteiger charge is 2.26. The summed E-state index contributed by atoms with van der Waals surface area (Å²) in [5, 5.41) is 0. The average molecular weight is 280 g/mol. The van der Waals surface area contributed by atoms with Crippen molar-refractivity contribution < 1.29 is 0 Å². The molecule has 110 valence electrons. The molecule has 2 aromatic carbocycles. The molecular weight excluding hydrogens is 256 g/mol. The third kappa shape index (κ3) is 2.68. The smallest absolute Gasteiger partial charge is 0.0449 e. The molecule has 0 aromatic heterocycles. The summed E-state index contributed by atoms with van der Waals surface area (Å²) < 4.78 is 0. The summed E-state index contributed by atoms with van der Waals surface area (Å²) in [5.41, 5.74) is 5.65. The van der Waals surface area contributed by atoms with Gasteiger partial charge in [-0.05, 0) is 50.3 Å². The summed E-state index contributed by atoms with van der Waals surface area (Å²) in [6, 6.07) is 17.7. The van der Waals surface area contributed by atoms with Gasteiger partial charge in [0.1, 0.15) is 0 Å². The first-order valence-corrected chi connectivity index (χ1v) is 7.78. The zero-order valence-corrected chi connectivity index (χ0v) is 13.2. The normalized spacial score (nSPS) is 14.2. The second kappa shape index (κ2) is 5.90. The Kier molecular flexibility index (Phi) is 3.98. The van der Waals surface area contributed by atoms with Crippen molar-refractivity contribution in [3.63, 3.8) is 0 Å². The number of anilines is 2. The van der Waals surface area contributed by atoms with E-state index in [-0.39, 0.29) is 0 Å². The number of hydrogen-bond acceptors (Lipinski definition) is 2. The molecule has 2 heteroatoms. The summed E-state index contributed by atoms with van der Waals surface area (Å²) in [7, 11) is 4.28. The summed E-state index contributed by atoms with van der Waals surface area (Å²) in [6.45, 7) is 4.50. The second-order valence-electron chi connectivity index (χ2n) is 6.15. The Morgan fingerprint density at radius 1 is 0.905 bits per heavy atom. The lowest BCUT2D eigenvalue weighted by molar-refractivity contribution is 0.402. The van der Waals surface area contributed by atoms with Gasteiger partial charge in [-0.2, -0.15) is 0 Å². The monoisotopic (exact) mass is 280 g/mol. The van der Waals surface area contributed by atoms with Gasteiger partial charge in [-0.25, -0.2) is 0 Å². The summed E-state index contributed by atoms with van der Waals surface area (Å²) in [6.07, 6.45) is 1.17. The molecule has 0 bridgehead atoms. The van der Waals surface area contributed by atoms with Crippen LogP contribution in [0.5, 0.6) is 0 Å². The number of rotatable bonds is 4. The maximum atomic E-state index is 2.49. The lowest BCUT2D eigenvalue weighted by atomic mass is 9.86. The zero-order chi connectivity index (χ0) is 14.8. The third-order valence-electron chi connectivity index (χ3n) is 4.38. The van der Waals surface area contributed by atoms with Gasteiger partial charge in [-0.1, -0.05) is 43.3 Å². The van der Waals surface area contributed by atoms with Crippen molar-refractivity contribution in [3.05, 3.63) is 59.7 Å². The van der Waals surface area contributed by atoms with Crippen LogP contribution in [-0.2, 0) is 0 Å². The van der Waals surface area contributed by atoms with Crippen LogP contribution in [-0.4, -0.2) is 32.1 Å². The molecule has 0 aliphatic carbocycles. The van der Waals surface area contributed by atoms with Gasteiger partial charge in [0.2, 0.25) is 0 Å². The first kappa shape index (κ1) is 14.2. The molecule has 0 saturated carbocycles. The van der Waals surface area contributed by atoms with Crippen molar-refractivity contribution >= 4 is 11.4 Å².